The second-order valence-corrected chi connectivity index (χ2v) is 5.63. The van der Waals surface area contributed by atoms with E-state index in [1.807, 2.05) is 36.4 Å². The van der Waals surface area contributed by atoms with Crippen LogP contribution in [-0.2, 0) is 4.79 Å². The lowest BCUT2D eigenvalue weighted by molar-refractivity contribution is -0.117. The third-order valence-electron chi connectivity index (χ3n) is 3.41. The minimum Gasteiger partial charge on any atom is -0.311 e. The molecule has 0 N–H and O–H groups in total. The Balaban J connectivity index is 2.00. The van der Waals surface area contributed by atoms with Gasteiger partial charge in [0.2, 0.25) is 5.91 Å². The Hall–Kier alpha value is -1.86. The Bertz CT molecular complexity index is 705. The molecule has 2 aromatic carbocycles. The molecule has 1 amide bonds. The Morgan fingerprint density at radius 3 is 2.68 bits per heavy atom. The maximum absolute atomic E-state index is 11.9. The molecule has 1 fully saturated rings. The molecule has 1 aliphatic rings. The van der Waals surface area contributed by atoms with E-state index >= 15 is 0 Å². The molecule has 1 heterocycles. The summed E-state index contributed by atoms with van der Waals surface area (Å²) in [5, 5.41) is 11.1. The first-order valence-electron chi connectivity index (χ1n) is 6.06. The van der Waals surface area contributed by atoms with Crippen LogP contribution in [0.25, 0.3) is 10.8 Å². The molecule has 1 saturated heterocycles. The van der Waals surface area contributed by atoms with Crippen molar-refractivity contribution < 1.29 is 4.79 Å². The van der Waals surface area contributed by atoms with Crippen LogP contribution in [0.1, 0.15) is 6.42 Å². The average molecular weight is 315 g/mol. The van der Waals surface area contributed by atoms with Gasteiger partial charge in [-0.1, -0.05) is 28.1 Å². The summed E-state index contributed by atoms with van der Waals surface area (Å²) in [6.07, 6.45) is 0.328. The lowest BCUT2D eigenvalue weighted by atomic mass is 10.1. The molecule has 3 nitrogen and oxygen atoms in total. The molecule has 0 aromatic heterocycles. The van der Waals surface area contributed by atoms with Crippen LogP contribution in [-0.4, -0.2) is 12.5 Å². The molecule has 19 heavy (non-hydrogen) atoms. The van der Waals surface area contributed by atoms with E-state index in [0.29, 0.717) is 13.0 Å². The first-order chi connectivity index (χ1) is 9.17. The van der Waals surface area contributed by atoms with Crippen molar-refractivity contribution >= 4 is 38.3 Å². The molecule has 1 aliphatic heterocycles. The largest absolute Gasteiger partial charge is 0.311 e. The number of hydrogen-bond acceptors (Lipinski definition) is 2. The Morgan fingerprint density at radius 2 is 1.95 bits per heavy atom. The van der Waals surface area contributed by atoms with Crippen LogP contribution in [0.15, 0.2) is 40.9 Å². The van der Waals surface area contributed by atoms with Crippen molar-refractivity contribution in [1.29, 1.82) is 5.26 Å². The van der Waals surface area contributed by atoms with Gasteiger partial charge in [0.05, 0.1) is 12.0 Å². The summed E-state index contributed by atoms with van der Waals surface area (Å²) in [4.78, 5) is 13.6. The van der Waals surface area contributed by atoms with E-state index in [-0.39, 0.29) is 11.8 Å². The summed E-state index contributed by atoms with van der Waals surface area (Å²) in [6, 6.07) is 14.2. The van der Waals surface area contributed by atoms with E-state index in [1.54, 1.807) is 4.90 Å². The maximum Gasteiger partial charge on any atom is 0.228 e. The predicted molar refractivity (Wildman–Crippen MR) is 77.7 cm³/mol. The highest BCUT2D eigenvalue weighted by molar-refractivity contribution is 9.10. The number of hydrogen-bond donors (Lipinski definition) is 0. The van der Waals surface area contributed by atoms with Gasteiger partial charge in [0.1, 0.15) is 0 Å². The zero-order chi connectivity index (χ0) is 13.4. The van der Waals surface area contributed by atoms with Crippen LogP contribution < -0.4 is 4.90 Å². The van der Waals surface area contributed by atoms with Crippen LogP contribution in [0, 0.1) is 17.2 Å². The maximum atomic E-state index is 11.9. The van der Waals surface area contributed by atoms with Crippen molar-refractivity contribution in [3.63, 3.8) is 0 Å². The number of fused-ring (bicyclic) bond motifs is 1. The minimum absolute atomic E-state index is 0.0306. The quantitative estimate of drug-likeness (QED) is 0.809. The molecular weight excluding hydrogens is 304 g/mol. The van der Waals surface area contributed by atoms with Crippen molar-refractivity contribution in [2.75, 3.05) is 11.4 Å². The van der Waals surface area contributed by atoms with E-state index in [2.05, 4.69) is 22.0 Å². The fourth-order valence-corrected chi connectivity index (χ4v) is 2.79. The summed E-state index contributed by atoms with van der Waals surface area (Å²) in [7, 11) is 0. The Kier molecular flexibility index (Phi) is 3.00. The zero-order valence-electron chi connectivity index (χ0n) is 10.1. The monoisotopic (exact) mass is 314 g/mol. The fraction of sp³-hybridized carbons (Fsp3) is 0.200. The summed E-state index contributed by atoms with van der Waals surface area (Å²) < 4.78 is 1.04. The molecule has 0 radical (unpaired) electrons. The van der Waals surface area contributed by atoms with E-state index < -0.39 is 0 Å². The van der Waals surface area contributed by atoms with Gasteiger partial charge >= 0.3 is 0 Å². The van der Waals surface area contributed by atoms with Crippen LogP contribution in [0.5, 0.6) is 0 Å². The van der Waals surface area contributed by atoms with E-state index in [0.717, 1.165) is 20.9 Å². The summed E-state index contributed by atoms with van der Waals surface area (Å²) >= 11 is 3.44. The second-order valence-electron chi connectivity index (χ2n) is 4.71. The van der Waals surface area contributed by atoms with Gasteiger partial charge < -0.3 is 4.90 Å². The smallest absolute Gasteiger partial charge is 0.228 e. The van der Waals surface area contributed by atoms with Gasteiger partial charge in [0.15, 0.2) is 0 Å². The number of carbonyl (C=O) groups excluding carboxylic acids is 1. The van der Waals surface area contributed by atoms with Gasteiger partial charge in [-0.05, 0) is 35.0 Å². The molecule has 0 spiro atoms. The topological polar surface area (TPSA) is 44.1 Å². The van der Waals surface area contributed by atoms with Gasteiger partial charge in [-0.3, -0.25) is 4.79 Å². The molecule has 0 aliphatic carbocycles. The normalized spacial score (nSPS) is 18.8. The average Bonchev–Trinajstić information content (AvgIpc) is 2.79. The van der Waals surface area contributed by atoms with Crippen molar-refractivity contribution in [3.8, 4) is 6.07 Å². The van der Waals surface area contributed by atoms with Crippen LogP contribution >= 0.6 is 15.9 Å². The number of halogens is 1. The van der Waals surface area contributed by atoms with Crippen molar-refractivity contribution in [1.82, 2.24) is 0 Å². The predicted octanol–water partition coefficient (Wildman–Crippen LogP) is 3.48. The number of benzene rings is 2. The standard InChI is InChI=1S/C15H11BrN2O/c16-13-3-1-12-7-14(4-2-11(12)6-13)18-9-10(8-17)5-15(18)19/h1-4,6-7,10H,5,9H2. The highest BCUT2D eigenvalue weighted by Crippen LogP contribution is 2.29. The van der Waals surface area contributed by atoms with E-state index in [4.69, 9.17) is 5.26 Å². The highest BCUT2D eigenvalue weighted by Gasteiger charge is 2.30. The number of carbonyl (C=O) groups is 1. The second kappa shape index (κ2) is 4.67. The Morgan fingerprint density at radius 1 is 1.21 bits per heavy atom. The molecule has 1 atom stereocenters. The molecule has 4 heteroatoms. The van der Waals surface area contributed by atoms with Crippen molar-refractivity contribution in [2.24, 2.45) is 5.92 Å². The van der Waals surface area contributed by atoms with Gasteiger partial charge in [-0.2, -0.15) is 5.26 Å². The van der Waals surface area contributed by atoms with Crippen molar-refractivity contribution in [3.05, 3.63) is 40.9 Å². The summed E-state index contributed by atoms with van der Waals surface area (Å²) in [6.45, 7) is 0.497. The molecule has 0 bridgehead atoms. The molecule has 1 unspecified atom stereocenters. The number of anilines is 1. The van der Waals surface area contributed by atoms with Crippen LogP contribution in [0.4, 0.5) is 5.69 Å². The summed E-state index contributed by atoms with van der Waals surface area (Å²) in [5.41, 5.74) is 0.873. The summed E-state index contributed by atoms with van der Waals surface area (Å²) in [5.74, 6) is -0.156. The minimum atomic E-state index is -0.187. The van der Waals surface area contributed by atoms with E-state index in [9.17, 15) is 4.79 Å². The number of nitriles is 1. The SMILES string of the molecule is N#CC1CC(=O)N(c2ccc3cc(Br)ccc3c2)C1. The molecule has 2 aromatic rings. The Labute approximate surface area is 119 Å². The van der Waals surface area contributed by atoms with Crippen molar-refractivity contribution in [2.45, 2.75) is 6.42 Å². The number of amides is 1. The number of rotatable bonds is 1. The van der Waals surface area contributed by atoms with Crippen LogP contribution in [0.2, 0.25) is 0 Å². The third-order valence-corrected chi connectivity index (χ3v) is 3.90. The molecule has 0 saturated carbocycles. The fourth-order valence-electron chi connectivity index (χ4n) is 2.42. The first kappa shape index (κ1) is 12.2. The molecule has 3 rings (SSSR count). The third kappa shape index (κ3) is 2.22. The molecule has 94 valence electrons. The highest BCUT2D eigenvalue weighted by atomic mass is 79.9. The van der Waals surface area contributed by atoms with E-state index in [1.165, 1.54) is 0 Å². The first-order valence-corrected chi connectivity index (χ1v) is 6.86. The molecular formula is C15H11BrN2O. The number of nitrogens with zero attached hydrogens (tertiary/aromatic N) is 2. The zero-order valence-corrected chi connectivity index (χ0v) is 11.7. The lowest BCUT2D eigenvalue weighted by Crippen LogP contribution is -2.24. The van der Waals surface area contributed by atoms with Gasteiger partial charge in [-0.15, -0.1) is 0 Å². The van der Waals surface area contributed by atoms with Gasteiger partial charge in [0.25, 0.3) is 0 Å². The van der Waals surface area contributed by atoms with Gasteiger partial charge in [0, 0.05) is 23.1 Å². The lowest BCUT2D eigenvalue weighted by Gasteiger charge is -2.16. The van der Waals surface area contributed by atoms with Crippen LogP contribution in [0.3, 0.4) is 0 Å². The van der Waals surface area contributed by atoms with Gasteiger partial charge in [-0.25, -0.2) is 0 Å².